The Bertz CT molecular complexity index is 706. The Morgan fingerprint density at radius 3 is 2.14 bits per heavy atom. The molecule has 22 heavy (non-hydrogen) atoms. The largest absolute Gasteiger partial charge is 0.479 e. The van der Waals surface area contributed by atoms with Gasteiger partial charge in [-0.3, -0.25) is 0 Å². The molecule has 0 spiro atoms. The summed E-state index contributed by atoms with van der Waals surface area (Å²) < 4.78 is 66.4. The Morgan fingerprint density at radius 2 is 1.64 bits per heavy atom. The normalized spacial score (nSPS) is 9.55. The number of hydrogen-bond donors (Lipinski definition) is 0. The van der Waals surface area contributed by atoms with E-state index in [9.17, 15) is 22.0 Å². The summed E-state index contributed by atoms with van der Waals surface area (Å²) in [5.74, 6) is -3.60. The summed E-state index contributed by atoms with van der Waals surface area (Å²) in [6, 6.07) is 0. The summed E-state index contributed by atoms with van der Waals surface area (Å²) >= 11 is 1.36. The molecule has 0 unspecified atom stereocenters. The number of hydrogen-bond acceptors (Lipinski definition) is 3. The molecular formula is C13H6F5IN2O. The monoisotopic (exact) mass is 428 g/mol. The van der Waals surface area contributed by atoms with Crippen LogP contribution >= 0.6 is 22.6 Å². The average molecular weight is 428 g/mol. The van der Waals surface area contributed by atoms with Gasteiger partial charge in [-0.1, -0.05) is 5.92 Å². The minimum Gasteiger partial charge on any atom is -0.479 e. The smallest absolute Gasteiger partial charge is 0.251 e. The van der Waals surface area contributed by atoms with Crippen molar-refractivity contribution in [2.24, 2.45) is 0 Å². The van der Waals surface area contributed by atoms with Crippen molar-refractivity contribution < 1.29 is 26.7 Å². The topological polar surface area (TPSA) is 35.0 Å². The van der Waals surface area contributed by atoms with Crippen LogP contribution in [0.4, 0.5) is 22.0 Å². The maximum Gasteiger partial charge on any atom is 0.251 e. The second-order valence-electron chi connectivity index (χ2n) is 3.47. The summed E-state index contributed by atoms with van der Waals surface area (Å²) in [5, 5.41) is 0. The lowest BCUT2D eigenvalue weighted by molar-refractivity contribution is 0.365. The second-order valence-corrected chi connectivity index (χ2v) is 4.55. The first-order valence-electron chi connectivity index (χ1n) is 5.33. The third-order valence-electron chi connectivity index (χ3n) is 2.15. The van der Waals surface area contributed by atoms with Crippen molar-refractivity contribution in [1.82, 2.24) is 9.97 Å². The Labute approximate surface area is 135 Å². The Balaban J connectivity index is 0.000000224. The molecule has 0 fully saturated rings. The van der Waals surface area contributed by atoms with E-state index in [1.165, 1.54) is 29.7 Å². The van der Waals surface area contributed by atoms with Crippen LogP contribution < -0.4 is 4.74 Å². The number of methoxy groups -OCH3 is 1. The first-order valence-corrected chi connectivity index (χ1v) is 6.40. The van der Waals surface area contributed by atoms with Gasteiger partial charge in [-0.2, -0.15) is 8.78 Å². The fraction of sp³-hybridized carbons (Fsp3) is 0.0769. The van der Waals surface area contributed by atoms with E-state index in [2.05, 4.69) is 14.7 Å². The van der Waals surface area contributed by atoms with E-state index in [0.29, 0.717) is 6.20 Å². The first-order chi connectivity index (χ1) is 10.3. The van der Waals surface area contributed by atoms with E-state index in [-0.39, 0.29) is 9.45 Å². The molecule has 0 radical (unpaired) electrons. The summed E-state index contributed by atoms with van der Waals surface area (Å²) in [6.45, 7) is 0. The molecule has 2 heterocycles. The maximum atomic E-state index is 13.0. The van der Waals surface area contributed by atoms with Crippen LogP contribution in [0.5, 0.6) is 5.88 Å². The molecule has 0 aliphatic heterocycles. The Hall–Kier alpha value is -1.96. The van der Waals surface area contributed by atoms with Gasteiger partial charge >= 0.3 is 0 Å². The molecule has 0 amide bonds. The van der Waals surface area contributed by atoms with Gasteiger partial charge in [0.15, 0.2) is 17.5 Å². The van der Waals surface area contributed by atoms with Crippen LogP contribution in [0, 0.1) is 45.1 Å². The van der Waals surface area contributed by atoms with Crippen molar-refractivity contribution in [2.75, 3.05) is 7.11 Å². The van der Waals surface area contributed by atoms with Crippen molar-refractivity contribution in [3.05, 3.63) is 50.7 Å². The summed E-state index contributed by atoms with van der Waals surface area (Å²) in [5.41, 5.74) is -0.457. The number of halogens is 6. The fourth-order valence-corrected chi connectivity index (χ4v) is 1.51. The average Bonchev–Trinajstić information content (AvgIpc) is 2.50. The number of rotatable bonds is 1. The Morgan fingerprint density at radius 1 is 1.05 bits per heavy atom. The predicted molar refractivity (Wildman–Crippen MR) is 75.5 cm³/mol. The van der Waals surface area contributed by atoms with Gasteiger partial charge in [-0.05, 0) is 22.6 Å². The van der Waals surface area contributed by atoms with E-state index in [1.54, 1.807) is 0 Å². The highest BCUT2D eigenvalue weighted by atomic mass is 127. The van der Waals surface area contributed by atoms with E-state index in [4.69, 9.17) is 6.42 Å². The van der Waals surface area contributed by atoms with E-state index in [1.807, 2.05) is 5.92 Å². The first kappa shape index (κ1) is 18.1. The molecule has 0 saturated heterocycles. The van der Waals surface area contributed by atoms with Gasteiger partial charge in [-0.15, -0.1) is 6.42 Å². The fourth-order valence-electron chi connectivity index (χ4n) is 1.15. The SMILES string of the molecule is C#Cc1c(F)cnc(OC)c1F.Fc1cnc(F)c(F)c1I. The van der Waals surface area contributed by atoms with Crippen molar-refractivity contribution in [3.8, 4) is 18.2 Å². The predicted octanol–water partition coefficient (Wildman–Crippen LogP) is 3.45. The van der Waals surface area contributed by atoms with Gasteiger partial charge in [0, 0.05) is 0 Å². The van der Waals surface area contributed by atoms with Gasteiger partial charge in [0.1, 0.15) is 5.56 Å². The highest BCUT2D eigenvalue weighted by Crippen LogP contribution is 2.18. The summed E-state index contributed by atoms with van der Waals surface area (Å²) in [4.78, 5) is 6.15. The number of pyridine rings is 2. The van der Waals surface area contributed by atoms with Gasteiger partial charge in [0.2, 0.25) is 11.8 Å². The maximum absolute atomic E-state index is 13.0. The third kappa shape index (κ3) is 4.03. The minimum atomic E-state index is -1.27. The molecule has 3 nitrogen and oxygen atoms in total. The van der Waals surface area contributed by atoms with Crippen LogP contribution in [0.15, 0.2) is 12.4 Å². The molecule has 2 rings (SSSR count). The molecule has 0 atom stereocenters. The quantitative estimate of drug-likeness (QED) is 0.302. The van der Waals surface area contributed by atoms with Crippen LogP contribution in [0.1, 0.15) is 5.56 Å². The van der Waals surface area contributed by atoms with Crippen LogP contribution in [-0.2, 0) is 0 Å². The van der Waals surface area contributed by atoms with Crippen molar-refractivity contribution >= 4 is 22.6 Å². The van der Waals surface area contributed by atoms with Crippen LogP contribution in [0.25, 0.3) is 0 Å². The number of nitrogens with zero attached hydrogens (tertiary/aromatic N) is 2. The van der Waals surface area contributed by atoms with Crippen molar-refractivity contribution in [1.29, 1.82) is 0 Å². The third-order valence-corrected chi connectivity index (χ3v) is 3.14. The van der Waals surface area contributed by atoms with Gasteiger partial charge < -0.3 is 4.74 Å². The highest BCUT2D eigenvalue weighted by molar-refractivity contribution is 14.1. The molecular weight excluding hydrogens is 422 g/mol. The molecule has 0 aliphatic carbocycles. The van der Waals surface area contributed by atoms with Gasteiger partial charge in [0.05, 0.1) is 23.1 Å². The highest BCUT2D eigenvalue weighted by Gasteiger charge is 2.13. The molecule has 2 aromatic rings. The zero-order valence-corrected chi connectivity index (χ0v) is 13.0. The number of ether oxygens (including phenoxy) is 1. The van der Waals surface area contributed by atoms with E-state index >= 15 is 0 Å². The molecule has 116 valence electrons. The molecule has 0 bridgehead atoms. The molecule has 0 saturated carbocycles. The standard InChI is InChI=1S/C8H5F2NO.C5HF3IN/c1-3-5-6(9)4-11-8(12-2)7(5)10;6-2-1-10-5(8)3(7)4(2)9/h1,4H,2H3;1H. The lowest BCUT2D eigenvalue weighted by atomic mass is 10.2. The second kappa shape index (κ2) is 7.88. The van der Waals surface area contributed by atoms with Crippen molar-refractivity contribution in [3.63, 3.8) is 0 Å². The van der Waals surface area contributed by atoms with Crippen LogP contribution in [0.2, 0.25) is 0 Å². The summed E-state index contributed by atoms with van der Waals surface area (Å²) in [6.07, 6.45) is 6.32. The minimum absolute atomic E-state index is 0.302. The van der Waals surface area contributed by atoms with E-state index in [0.717, 1.165) is 6.20 Å². The zero-order chi connectivity index (χ0) is 16.9. The summed E-state index contributed by atoms with van der Waals surface area (Å²) in [7, 11) is 1.23. The van der Waals surface area contributed by atoms with Gasteiger partial charge in [0.25, 0.3) is 5.88 Å². The van der Waals surface area contributed by atoms with E-state index < -0.39 is 34.8 Å². The molecule has 2 aromatic heterocycles. The lowest BCUT2D eigenvalue weighted by Crippen LogP contribution is -1.97. The molecule has 9 heteroatoms. The van der Waals surface area contributed by atoms with Crippen molar-refractivity contribution in [2.45, 2.75) is 0 Å². The molecule has 0 N–H and O–H groups in total. The van der Waals surface area contributed by atoms with Crippen LogP contribution in [-0.4, -0.2) is 17.1 Å². The van der Waals surface area contributed by atoms with Gasteiger partial charge in [-0.25, -0.2) is 23.1 Å². The molecule has 0 aliphatic rings. The molecule has 0 aromatic carbocycles. The number of aromatic nitrogens is 2. The Kier molecular flexibility index (Phi) is 6.48. The number of terminal acetylenes is 1. The lowest BCUT2D eigenvalue weighted by Gasteiger charge is -2.01. The van der Waals surface area contributed by atoms with Crippen LogP contribution in [0.3, 0.4) is 0 Å². The zero-order valence-electron chi connectivity index (χ0n) is 10.8.